The van der Waals surface area contributed by atoms with Gasteiger partial charge in [0.2, 0.25) is 0 Å². The van der Waals surface area contributed by atoms with E-state index in [-0.39, 0.29) is 36.0 Å². The summed E-state index contributed by atoms with van der Waals surface area (Å²) in [5.41, 5.74) is 1.98. The lowest BCUT2D eigenvalue weighted by Gasteiger charge is -2.34. The molecule has 34 heavy (non-hydrogen) atoms. The topological polar surface area (TPSA) is 82.5 Å². The van der Waals surface area contributed by atoms with Crippen molar-refractivity contribution in [3.63, 3.8) is 0 Å². The standard InChI is InChI=1S/C23H19F3N4O4/c1-13-10-28(12-27-13)18-4-5-19-22(32)29(7-8-30(19)21(18)31)14(2)17-11-33-20-6-3-15(9-16(17)20)34-23(24,25)26/h3-6,9-12,14H,7-8H2,1-2H3/t14-/m1/s1. The Morgan fingerprint density at radius 3 is 2.65 bits per heavy atom. The Balaban J connectivity index is 1.47. The summed E-state index contributed by atoms with van der Waals surface area (Å²) in [5, 5.41) is 0.413. The zero-order chi connectivity index (χ0) is 24.2. The van der Waals surface area contributed by atoms with Crippen LogP contribution >= 0.6 is 0 Å². The van der Waals surface area contributed by atoms with Crippen LogP contribution in [0.15, 0.2) is 58.3 Å². The van der Waals surface area contributed by atoms with E-state index in [0.717, 1.165) is 5.69 Å². The van der Waals surface area contributed by atoms with Crippen molar-refractivity contribution in [1.29, 1.82) is 0 Å². The Morgan fingerprint density at radius 1 is 1.15 bits per heavy atom. The summed E-state index contributed by atoms with van der Waals surface area (Å²) in [6.07, 6.45) is -0.133. The first-order valence-electron chi connectivity index (χ1n) is 10.4. The minimum Gasteiger partial charge on any atom is -0.464 e. The number of benzene rings is 1. The highest BCUT2D eigenvalue weighted by atomic mass is 19.4. The molecule has 4 heterocycles. The first-order chi connectivity index (χ1) is 16.1. The van der Waals surface area contributed by atoms with Gasteiger partial charge in [-0.3, -0.25) is 9.59 Å². The molecule has 1 aliphatic rings. The van der Waals surface area contributed by atoms with Gasteiger partial charge in [-0.15, -0.1) is 13.2 Å². The van der Waals surface area contributed by atoms with Gasteiger partial charge in [-0.05, 0) is 44.2 Å². The number of alkyl halides is 3. The second-order valence-electron chi connectivity index (χ2n) is 8.05. The third kappa shape index (κ3) is 3.72. The van der Waals surface area contributed by atoms with Crippen LogP contribution in [-0.4, -0.2) is 37.8 Å². The number of halogens is 3. The molecule has 0 fully saturated rings. The second kappa shape index (κ2) is 7.79. The van der Waals surface area contributed by atoms with Gasteiger partial charge < -0.3 is 23.2 Å². The molecule has 8 nitrogen and oxygen atoms in total. The summed E-state index contributed by atoms with van der Waals surface area (Å²) in [4.78, 5) is 32.0. The highest BCUT2D eigenvalue weighted by molar-refractivity contribution is 5.94. The van der Waals surface area contributed by atoms with Gasteiger partial charge in [-0.1, -0.05) is 0 Å². The molecule has 11 heteroatoms. The van der Waals surface area contributed by atoms with Crippen LogP contribution in [0.4, 0.5) is 13.2 Å². The van der Waals surface area contributed by atoms with Crippen LogP contribution in [0, 0.1) is 6.92 Å². The van der Waals surface area contributed by atoms with Crippen LogP contribution in [0.5, 0.6) is 5.75 Å². The van der Waals surface area contributed by atoms with Crippen LogP contribution in [0.3, 0.4) is 0 Å². The average Bonchev–Trinajstić information content (AvgIpc) is 3.39. The lowest BCUT2D eigenvalue weighted by atomic mass is 10.0. The van der Waals surface area contributed by atoms with Crippen molar-refractivity contribution in [3.05, 3.63) is 76.4 Å². The zero-order valence-corrected chi connectivity index (χ0v) is 18.2. The van der Waals surface area contributed by atoms with E-state index in [1.165, 1.54) is 29.0 Å². The molecule has 176 valence electrons. The molecule has 1 amide bonds. The number of carbonyl (C=O) groups excluding carboxylic acids is 1. The zero-order valence-electron chi connectivity index (χ0n) is 18.2. The van der Waals surface area contributed by atoms with Crippen molar-refractivity contribution < 1.29 is 27.1 Å². The highest BCUT2D eigenvalue weighted by Gasteiger charge is 2.33. The van der Waals surface area contributed by atoms with Gasteiger partial charge in [0.1, 0.15) is 22.7 Å². The number of carbonyl (C=O) groups is 1. The smallest absolute Gasteiger partial charge is 0.464 e. The van der Waals surface area contributed by atoms with E-state index in [0.29, 0.717) is 22.2 Å². The van der Waals surface area contributed by atoms with Crippen molar-refractivity contribution in [2.75, 3.05) is 6.54 Å². The quantitative estimate of drug-likeness (QED) is 0.445. The van der Waals surface area contributed by atoms with Crippen molar-refractivity contribution >= 4 is 16.9 Å². The van der Waals surface area contributed by atoms with E-state index >= 15 is 0 Å². The van der Waals surface area contributed by atoms with Gasteiger partial charge in [0, 0.05) is 30.2 Å². The number of nitrogens with zero attached hydrogens (tertiary/aromatic N) is 4. The van der Waals surface area contributed by atoms with Crippen molar-refractivity contribution in [2.24, 2.45) is 0 Å². The Labute approximate surface area is 190 Å². The Bertz CT molecular complexity index is 1470. The van der Waals surface area contributed by atoms with E-state index in [1.807, 2.05) is 6.92 Å². The third-order valence-corrected chi connectivity index (χ3v) is 5.91. The fraction of sp³-hybridized carbons (Fsp3) is 0.261. The third-order valence-electron chi connectivity index (χ3n) is 5.91. The molecule has 1 aliphatic heterocycles. The fourth-order valence-electron chi connectivity index (χ4n) is 4.27. The Kier molecular flexibility index (Phi) is 4.99. The van der Waals surface area contributed by atoms with E-state index < -0.39 is 12.4 Å². The number of hydrogen-bond donors (Lipinski definition) is 0. The first-order valence-corrected chi connectivity index (χ1v) is 10.4. The minimum absolute atomic E-state index is 0.234. The van der Waals surface area contributed by atoms with E-state index in [4.69, 9.17) is 4.42 Å². The highest BCUT2D eigenvalue weighted by Crippen LogP contribution is 2.35. The number of aromatic nitrogens is 3. The van der Waals surface area contributed by atoms with Crippen LogP contribution in [0.1, 0.15) is 34.7 Å². The van der Waals surface area contributed by atoms with Crippen LogP contribution < -0.4 is 10.3 Å². The molecule has 0 unspecified atom stereocenters. The van der Waals surface area contributed by atoms with Crippen molar-refractivity contribution in [1.82, 2.24) is 19.0 Å². The SMILES string of the molecule is Cc1cn(-c2ccc3n(c2=O)CCN([C@H](C)c2coc4ccc(OC(F)(F)F)cc24)C3=O)cn1. The molecule has 0 radical (unpaired) electrons. The summed E-state index contributed by atoms with van der Waals surface area (Å²) in [6.45, 7) is 4.08. The van der Waals surface area contributed by atoms with Crippen molar-refractivity contribution in [2.45, 2.75) is 32.8 Å². The fourth-order valence-corrected chi connectivity index (χ4v) is 4.27. The Hall–Kier alpha value is -4.02. The molecular weight excluding hydrogens is 453 g/mol. The number of fused-ring (bicyclic) bond motifs is 2. The Morgan fingerprint density at radius 2 is 1.94 bits per heavy atom. The molecule has 3 aromatic heterocycles. The van der Waals surface area contributed by atoms with Crippen LogP contribution in [0.25, 0.3) is 16.7 Å². The number of imidazole rings is 1. The summed E-state index contributed by atoms with van der Waals surface area (Å²) in [6, 6.07) is 6.45. The average molecular weight is 472 g/mol. The number of amides is 1. The second-order valence-corrected chi connectivity index (χ2v) is 8.05. The monoisotopic (exact) mass is 472 g/mol. The van der Waals surface area contributed by atoms with Gasteiger partial charge in [0.15, 0.2) is 0 Å². The number of hydrogen-bond acceptors (Lipinski definition) is 5. The molecular formula is C23H19F3N4O4. The molecule has 5 rings (SSSR count). The van der Waals surface area contributed by atoms with Crippen LogP contribution in [0.2, 0.25) is 0 Å². The predicted octanol–water partition coefficient (Wildman–Crippen LogP) is 4.20. The number of pyridine rings is 1. The van der Waals surface area contributed by atoms with Gasteiger partial charge in [-0.25, -0.2) is 4.98 Å². The lowest BCUT2D eigenvalue weighted by Crippen LogP contribution is -2.45. The van der Waals surface area contributed by atoms with Crippen molar-refractivity contribution in [3.8, 4) is 11.4 Å². The first kappa shape index (κ1) is 21.8. The number of furan rings is 1. The largest absolute Gasteiger partial charge is 0.573 e. The molecule has 0 bridgehead atoms. The van der Waals surface area contributed by atoms with Crippen LogP contribution in [-0.2, 0) is 6.54 Å². The summed E-state index contributed by atoms with van der Waals surface area (Å²) in [5.74, 6) is -0.736. The maximum Gasteiger partial charge on any atom is 0.573 e. The molecule has 1 aromatic carbocycles. The minimum atomic E-state index is -4.82. The molecule has 0 aliphatic carbocycles. The van der Waals surface area contributed by atoms with Gasteiger partial charge in [0.05, 0.1) is 24.3 Å². The summed E-state index contributed by atoms with van der Waals surface area (Å²) >= 11 is 0. The normalized spacial score (nSPS) is 15.0. The lowest BCUT2D eigenvalue weighted by molar-refractivity contribution is -0.274. The van der Waals surface area contributed by atoms with Gasteiger partial charge in [-0.2, -0.15) is 0 Å². The predicted molar refractivity (Wildman–Crippen MR) is 115 cm³/mol. The number of ether oxygens (including phenoxy) is 1. The summed E-state index contributed by atoms with van der Waals surface area (Å²) < 4.78 is 50.5. The number of rotatable bonds is 4. The van der Waals surface area contributed by atoms with E-state index in [2.05, 4.69) is 9.72 Å². The van der Waals surface area contributed by atoms with E-state index in [1.54, 1.807) is 41.0 Å². The van der Waals surface area contributed by atoms with Gasteiger partial charge in [0.25, 0.3) is 11.5 Å². The van der Waals surface area contributed by atoms with Gasteiger partial charge >= 0.3 is 6.36 Å². The molecule has 0 saturated heterocycles. The number of aryl methyl sites for hydroxylation is 1. The molecule has 0 saturated carbocycles. The molecule has 0 N–H and O–H groups in total. The summed E-state index contributed by atoms with van der Waals surface area (Å²) in [7, 11) is 0. The van der Waals surface area contributed by atoms with E-state index in [9.17, 15) is 22.8 Å². The maximum atomic E-state index is 13.3. The maximum absolute atomic E-state index is 13.3. The molecule has 1 atom stereocenters. The molecule has 0 spiro atoms. The molecule has 4 aromatic rings.